The Balaban J connectivity index is 2.12. The Morgan fingerprint density at radius 1 is 0.833 bits per heavy atom. The zero-order valence-corrected chi connectivity index (χ0v) is 17.6. The third-order valence-corrected chi connectivity index (χ3v) is 6.35. The Bertz CT molecular complexity index is 1120. The maximum atomic E-state index is 14.4. The Morgan fingerprint density at radius 3 is 2.10 bits per heavy atom. The van der Waals surface area contributed by atoms with Crippen LogP contribution in [0.1, 0.15) is 5.56 Å². The summed E-state index contributed by atoms with van der Waals surface area (Å²) in [6, 6.07) is 17.0. The van der Waals surface area contributed by atoms with E-state index in [1.807, 2.05) is 0 Å². The first kappa shape index (κ1) is 21.4. The molecule has 0 aromatic heterocycles. The zero-order chi connectivity index (χ0) is 21.7. The van der Waals surface area contributed by atoms with E-state index in [1.54, 1.807) is 49.6 Å². The quantitative estimate of drug-likeness (QED) is 0.534. The van der Waals surface area contributed by atoms with Gasteiger partial charge >= 0.3 is 0 Å². The van der Waals surface area contributed by atoms with Crippen LogP contribution in [-0.4, -0.2) is 29.7 Å². The first-order chi connectivity index (χ1) is 14.4. The lowest BCUT2D eigenvalue weighted by molar-refractivity contribution is 0.355. The largest absolute Gasteiger partial charge is 0.497 e. The second kappa shape index (κ2) is 9.04. The van der Waals surface area contributed by atoms with Crippen molar-refractivity contribution in [3.8, 4) is 17.2 Å². The van der Waals surface area contributed by atoms with Gasteiger partial charge in [-0.2, -0.15) is 0 Å². The molecule has 0 bridgehead atoms. The number of nitrogens with zero attached hydrogens (tertiary/aromatic N) is 1. The summed E-state index contributed by atoms with van der Waals surface area (Å²) in [6.07, 6.45) is 0. The molecule has 3 aromatic carbocycles. The molecule has 0 aliphatic heterocycles. The molecular formula is C22H22FNO5S. The van der Waals surface area contributed by atoms with Gasteiger partial charge in [0.05, 0.1) is 33.6 Å². The fraction of sp³-hybridized carbons (Fsp3) is 0.182. The number of rotatable bonds is 8. The second-order valence-corrected chi connectivity index (χ2v) is 8.16. The minimum atomic E-state index is -4.21. The molecule has 0 amide bonds. The molecule has 0 N–H and O–H groups in total. The molecule has 0 spiro atoms. The van der Waals surface area contributed by atoms with Crippen molar-refractivity contribution in [1.82, 2.24) is 0 Å². The second-order valence-electron chi connectivity index (χ2n) is 6.33. The molecule has 0 unspecified atom stereocenters. The predicted molar refractivity (Wildman–Crippen MR) is 112 cm³/mol. The van der Waals surface area contributed by atoms with Gasteiger partial charge in [-0.05, 0) is 42.0 Å². The summed E-state index contributed by atoms with van der Waals surface area (Å²) in [6.45, 7) is -0.0177. The highest BCUT2D eigenvalue weighted by Gasteiger charge is 2.28. The molecule has 3 rings (SSSR count). The van der Waals surface area contributed by atoms with Crippen molar-refractivity contribution >= 4 is 15.7 Å². The van der Waals surface area contributed by atoms with Crippen molar-refractivity contribution in [1.29, 1.82) is 0 Å². The highest BCUT2D eigenvalue weighted by Crippen LogP contribution is 2.35. The van der Waals surface area contributed by atoms with Crippen molar-refractivity contribution in [2.75, 3.05) is 25.6 Å². The maximum Gasteiger partial charge on any atom is 0.267 e. The third kappa shape index (κ3) is 4.33. The summed E-state index contributed by atoms with van der Waals surface area (Å²) in [4.78, 5) is -0.409. The number of benzene rings is 3. The fourth-order valence-electron chi connectivity index (χ4n) is 2.96. The topological polar surface area (TPSA) is 65.1 Å². The van der Waals surface area contributed by atoms with Crippen LogP contribution < -0.4 is 18.5 Å². The summed E-state index contributed by atoms with van der Waals surface area (Å²) < 4.78 is 58.1. The van der Waals surface area contributed by atoms with Gasteiger partial charge in [-0.15, -0.1) is 0 Å². The lowest BCUT2D eigenvalue weighted by atomic mass is 10.2. The van der Waals surface area contributed by atoms with E-state index in [9.17, 15) is 12.8 Å². The molecule has 8 heteroatoms. The number of sulfonamides is 1. The van der Waals surface area contributed by atoms with Crippen molar-refractivity contribution in [3.05, 3.63) is 78.1 Å². The Kier molecular flexibility index (Phi) is 6.47. The monoisotopic (exact) mass is 431 g/mol. The van der Waals surface area contributed by atoms with Crippen LogP contribution in [0.2, 0.25) is 0 Å². The van der Waals surface area contributed by atoms with Crippen LogP contribution in [0, 0.1) is 5.82 Å². The van der Waals surface area contributed by atoms with Gasteiger partial charge in [-0.1, -0.05) is 24.3 Å². The van der Waals surface area contributed by atoms with Crippen LogP contribution in [0.15, 0.2) is 71.6 Å². The van der Waals surface area contributed by atoms with E-state index in [0.29, 0.717) is 28.5 Å². The maximum absolute atomic E-state index is 14.4. The molecule has 0 aliphatic rings. The SMILES string of the molecule is COc1ccc(CN(c2ccc(OC)c(OC)c2)S(=O)(=O)c2ccccc2F)cc1. The van der Waals surface area contributed by atoms with Gasteiger partial charge < -0.3 is 14.2 Å². The number of ether oxygens (including phenoxy) is 3. The van der Waals surface area contributed by atoms with Crippen LogP contribution in [0.5, 0.6) is 17.2 Å². The van der Waals surface area contributed by atoms with E-state index in [0.717, 1.165) is 10.4 Å². The highest BCUT2D eigenvalue weighted by molar-refractivity contribution is 7.92. The number of halogens is 1. The van der Waals surface area contributed by atoms with Gasteiger partial charge in [0.2, 0.25) is 0 Å². The van der Waals surface area contributed by atoms with Gasteiger partial charge in [0.1, 0.15) is 16.5 Å². The van der Waals surface area contributed by atoms with E-state index < -0.39 is 20.7 Å². The van der Waals surface area contributed by atoms with Crippen molar-refractivity contribution in [2.24, 2.45) is 0 Å². The van der Waals surface area contributed by atoms with E-state index in [-0.39, 0.29) is 6.54 Å². The minimum Gasteiger partial charge on any atom is -0.497 e. The summed E-state index contributed by atoms with van der Waals surface area (Å²) in [5.41, 5.74) is 1.01. The van der Waals surface area contributed by atoms with Crippen LogP contribution in [0.25, 0.3) is 0 Å². The Labute approximate surface area is 175 Å². The summed E-state index contributed by atoms with van der Waals surface area (Å²) in [7, 11) is 0.285. The van der Waals surface area contributed by atoms with Crippen LogP contribution >= 0.6 is 0 Å². The molecule has 6 nitrogen and oxygen atoms in total. The smallest absolute Gasteiger partial charge is 0.267 e. The first-order valence-electron chi connectivity index (χ1n) is 9.03. The summed E-state index contributed by atoms with van der Waals surface area (Å²) in [5.74, 6) is 0.637. The predicted octanol–water partition coefficient (Wildman–Crippen LogP) is 4.25. The molecule has 0 atom stereocenters. The van der Waals surface area contributed by atoms with Crippen LogP contribution in [0.4, 0.5) is 10.1 Å². The van der Waals surface area contributed by atoms with Crippen molar-refractivity contribution < 1.29 is 27.0 Å². The van der Waals surface area contributed by atoms with E-state index in [1.165, 1.54) is 32.4 Å². The first-order valence-corrected chi connectivity index (χ1v) is 10.5. The van der Waals surface area contributed by atoms with Gasteiger partial charge in [-0.25, -0.2) is 12.8 Å². The fourth-order valence-corrected chi connectivity index (χ4v) is 4.48. The Hall–Kier alpha value is -3.26. The average Bonchev–Trinajstić information content (AvgIpc) is 2.77. The summed E-state index contributed by atoms with van der Waals surface area (Å²) >= 11 is 0. The minimum absolute atomic E-state index is 0.0177. The average molecular weight is 431 g/mol. The van der Waals surface area contributed by atoms with Gasteiger partial charge in [0.25, 0.3) is 10.0 Å². The number of hydrogen-bond donors (Lipinski definition) is 0. The normalized spacial score (nSPS) is 11.1. The molecule has 0 saturated heterocycles. The van der Waals surface area contributed by atoms with E-state index >= 15 is 0 Å². The molecule has 3 aromatic rings. The molecule has 0 aliphatic carbocycles. The lowest BCUT2D eigenvalue weighted by Gasteiger charge is -2.25. The Morgan fingerprint density at radius 2 is 1.50 bits per heavy atom. The molecule has 0 heterocycles. The summed E-state index contributed by atoms with van der Waals surface area (Å²) in [5, 5.41) is 0. The van der Waals surface area contributed by atoms with Gasteiger partial charge in [-0.3, -0.25) is 4.31 Å². The standard InChI is InChI=1S/C22H22FNO5S/c1-27-18-11-8-16(9-12-18)15-24(17-10-13-20(28-2)21(14-17)29-3)30(25,26)22-7-5-4-6-19(22)23/h4-14H,15H2,1-3H3. The zero-order valence-electron chi connectivity index (χ0n) is 16.8. The number of hydrogen-bond acceptors (Lipinski definition) is 5. The molecule has 0 fully saturated rings. The molecule has 0 radical (unpaired) electrons. The van der Waals surface area contributed by atoms with Crippen molar-refractivity contribution in [3.63, 3.8) is 0 Å². The molecule has 158 valence electrons. The van der Waals surface area contributed by atoms with Crippen LogP contribution in [0.3, 0.4) is 0 Å². The molecule has 30 heavy (non-hydrogen) atoms. The van der Waals surface area contributed by atoms with Crippen LogP contribution in [-0.2, 0) is 16.6 Å². The highest BCUT2D eigenvalue weighted by atomic mass is 32.2. The number of anilines is 1. The van der Waals surface area contributed by atoms with E-state index in [4.69, 9.17) is 14.2 Å². The van der Waals surface area contributed by atoms with Gasteiger partial charge in [0, 0.05) is 6.07 Å². The van der Waals surface area contributed by atoms with Gasteiger partial charge in [0.15, 0.2) is 11.5 Å². The number of methoxy groups -OCH3 is 3. The van der Waals surface area contributed by atoms with E-state index in [2.05, 4.69) is 0 Å². The third-order valence-electron chi connectivity index (χ3n) is 4.55. The lowest BCUT2D eigenvalue weighted by Crippen LogP contribution is -2.31. The molecular weight excluding hydrogens is 409 g/mol. The van der Waals surface area contributed by atoms with Crippen molar-refractivity contribution in [2.45, 2.75) is 11.4 Å². The molecule has 0 saturated carbocycles.